The fourth-order valence-electron chi connectivity index (χ4n) is 1.11. The predicted octanol–water partition coefficient (Wildman–Crippen LogP) is 2.45. The van der Waals surface area contributed by atoms with Crippen molar-refractivity contribution in [3.8, 4) is 0 Å². The van der Waals surface area contributed by atoms with E-state index in [0.29, 0.717) is 12.1 Å². The van der Waals surface area contributed by atoms with E-state index < -0.39 is 33.9 Å². The van der Waals surface area contributed by atoms with Crippen LogP contribution in [0.5, 0.6) is 0 Å². The van der Waals surface area contributed by atoms with Crippen LogP contribution in [0.25, 0.3) is 0 Å². The van der Waals surface area contributed by atoms with Crippen molar-refractivity contribution >= 4 is 27.6 Å². The molecule has 0 amide bonds. The number of carbonyl (C=O) groups is 1. The van der Waals surface area contributed by atoms with Gasteiger partial charge in [0.05, 0.1) is 7.11 Å². The van der Waals surface area contributed by atoms with Crippen LogP contribution in [0.2, 0.25) is 0 Å². The Kier molecular flexibility index (Phi) is 4.80. The van der Waals surface area contributed by atoms with Gasteiger partial charge < -0.3 is 10.1 Å². The maximum Gasteiger partial charge on any atom is 0.321 e. The van der Waals surface area contributed by atoms with E-state index in [2.05, 4.69) is 26.0 Å². The number of carbonyl (C=O) groups excluding carboxylic acids is 1. The van der Waals surface area contributed by atoms with Crippen molar-refractivity contribution in [2.75, 3.05) is 19.0 Å². The van der Waals surface area contributed by atoms with E-state index in [-0.39, 0.29) is 6.54 Å². The molecule has 0 aromatic heterocycles. The lowest BCUT2D eigenvalue weighted by molar-refractivity contribution is -0.139. The molecule has 1 rings (SSSR count). The summed E-state index contributed by atoms with van der Waals surface area (Å²) in [7, 11) is 1.19. The smallest absolute Gasteiger partial charge is 0.321 e. The average Bonchev–Trinajstić information content (AvgIpc) is 2.26. The van der Waals surface area contributed by atoms with Crippen molar-refractivity contribution in [3.05, 3.63) is 29.6 Å². The Hall–Kier alpha value is -1.24. The third kappa shape index (κ3) is 3.62. The van der Waals surface area contributed by atoms with Gasteiger partial charge in [-0.3, -0.25) is 4.79 Å². The van der Waals surface area contributed by atoms with Gasteiger partial charge >= 0.3 is 5.97 Å². The number of alkyl halides is 1. The topological polar surface area (TPSA) is 38.3 Å². The molecule has 94 valence electrons. The van der Waals surface area contributed by atoms with Crippen LogP contribution in [-0.4, -0.2) is 24.5 Å². The highest BCUT2D eigenvalue weighted by molar-refractivity contribution is 9.10. The monoisotopic (exact) mass is 311 g/mol. The summed E-state index contributed by atoms with van der Waals surface area (Å²) >= 11 is 2.97. The molecule has 1 unspecified atom stereocenters. The Balaban J connectivity index is 2.73. The number of anilines is 1. The third-order valence-corrected chi connectivity index (χ3v) is 2.62. The van der Waals surface area contributed by atoms with Gasteiger partial charge in [0.25, 0.3) is 0 Å². The zero-order valence-electron chi connectivity index (χ0n) is 8.77. The SMILES string of the molecule is COC(=O)C(Br)CNc1c(F)cc(F)cc1F. The maximum atomic E-state index is 13.2. The first-order valence-corrected chi connectivity index (χ1v) is 5.47. The molecule has 0 fully saturated rings. The molecule has 0 radical (unpaired) electrons. The number of halogens is 4. The lowest BCUT2D eigenvalue weighted by Crippen LogP contribution is -2.25. The van der Waals surface area contributed by atoms with Crippen LogP contribution >= 0.6 is 15.9 Å². The van der Waals surface area contributed by atoms with E-state index in [1.807, 2.05) is 0 Å². The molecule has 0 saturated carbocycles. The van der Waals surface area contributed by atoms with Crippen molar-refractivity contribution in [2.24, 2.45) is 0 Å². The number of methoxy groups -OCH3 is 1. The highest BCUT2D eigenvalue weighted by Gasteiger charge is 2.17. The molecule has 3 nitrogen and oxygen atoms in total. The molecular weight excluding hydrogens is 303 g/mol. The van der Waals surface area contributed by atoms with Gasteiger partial charge in [0, 0.05) is 18.7 Å². The molecule has 0 aliphatic rings. The Labute approximate surface area is 104 Å². The molecule has 1 aromatic carbocycles. The van der Waals surface area contributed by atoms with Gasteiger partial charge in [-0.05, 0) is 0 Å². The molecule has 0 heterocycles. The van der Waals surface area contributed by atoms with E-state index in [9.17, 15) is 18.0 Å². The number of hydrogen-bond donors (Lipinski definition) is 1. The molecule has 1 atom stereocenters. The summed E-state index contributed by atoms with van der Waals surface area (Å²) in [6.07, 6.45) is 0. The van der Waals surface area contributed by atoms with Gasteiger partial charge in [-0.1, -0.05) is 15.9 Å². The van der Waals surface area contributed by atoms with Crippen molar-refractivity contribution < 1.29 is 22.7 Å². The number of rotatable bonds is 4. The molecule has 7 heteroatoms. The van der Waals surface area contributed by atoms with Crippen LogP contribution in [0, 0.1) is 17.5 Å². The van der Waals surface area contributed by atoms with Crippen LogP contribution < -0.4 is 5.32 Å². The number of esters is 1. The van der Waals surface area contributed by atoms with E-state index in [0.717, 1.165) is 0 Å². The molecule has 0 aliphatic heterocycles. The summed E-state index contributed by atoms with van der Waals surface area (Å²) in [4.78, 5) is 10.2. The Morgan fingerprint density at radius 2 is 1.94 bits per heavy atom. The maximum absolute atomic E-state index is 13.2. The summed E-state index contributed by atoms with van der Waals surface area (Å²) in [5, 5.41) is 2.36. The summed E-state index contributed by atoms with van der Waals surface area (Å²) in [5.41, 5.74) is -0.486. The largest absolute Gasteiger partial charge is 0.468 e. The second-order valence-electron chi connectivity index (χ2n) is 3.12. The summed E-state index contributed by atoms with van der Waals surface area (Å²) in [6.45, 7) is -0.0911. The third-order valence-electron chi connectivity index (χ3n) is 1.92. The molecule has 17 heavy (non-hydrogen) atoms. The number of benzene rings is 1. The van der Waals surface area contributed by atoms with Gasteiger partial charge in [-0.15, -0.1) is 0 Å². The highest BCUT2D eigenvalue weighted by atomic mass is 79.9. The van der Waals surface area contributed by atoms with Crippen molar-refractivity contribution in [3.63, 3.8) is 0 Å². The van der Waals surface area contributed by atoms with Crippen molar-refractivity contribution in [1.29, 1.82) is 0 Å². The Bertz CT molecular complexity index is 405. The zero-order chi connectivity index (χ0) is 13.0. The zero-order valence-corrected chi connectivity index (χ0v) is 10.4. The van der Waals surface area contributed by atoms with E-state index in [1.165, 1.54) is 7.11 Å². The number of ether oxygens (including phenoxy) is 1. The first-order chi connectivity index (χ1) is 7.95. The van der Waals surface area contributed by atoms with Gasteiger partial charge in [0.15, 0.2) is 11.6 Å². The van der Waals surface area contributed by atoms with Crippen LogP contribution in [0.3, 0.4) is 0 Å². The predicted molar refractivity (Wildman–Crippen MR) is 59.5 cm³/mol. The second kappa shape index (κ2) is 5.90. The Morgan fingerprint density at radius 1 is 1.41 bits per heavy atom. The fourth-order valence-corrected chi connectivity index (χ4v) is 1.46. The minimum absolute atomic E-state index is 0.0911. The minimum Gasteiger partial charge on any atom is -0.468 e. The van der Waals surface area contributed by atoms with Gasteiger partial charge in [-0.2, -0.15) is 0 Å². The lowest BCUT2D eigenvalue weighted by atomic mass is 10.2. The van der Waals surface area contributed by atoms with Crippen LogP contribution in [-0.2, 0) is 9.53 Å². The van der Waals surface area contributed by atoms with E-state index >= 15 is 0 Å². The van der Waals surface area contributed by atoms with E-state index in [4.69, 9.17) is 0 Å². The summed E-state index contributed by atoms with van der Waals surface area (Å²) in [5.74, 6) is -3.71. The average molecular weight is 312 g/mol. The van der Waals surface area contributed by atoms with E-state index in [1.54, 1.807) is 0 Å². The van der Waals surface area contributed by atoms with Gasteiger partial charge in [0.1, 0.15) is 16.3 Å². The molecule has 1 aromatic rings. The molecule has 0 saturated heterocycles. The molecule has 0 spiro atoms. The van der Waals surface area contributed by atoms with Crippen molar-refractivity contribution in [2.45, 2.75) is 4.83 Å². The first-order valence-electron chi connectivity index (χ1n) is 4.56. The lowest BCUT2D eigenvalue weighted by Gasteiger charge is -2.11. The summed E-state index contributed by atoms with van der Waals surface area (Å²) in [6, 6.07) is 1.10. The van der Waals surface area contributed by atoms with Crippen LogP contribution in [0.1, 0.15) is 0 Å². The normalized spacial score (nSPS) is 12.1. The summed E-state index contributed by atoms with van der Waals surface area (Å²) < 4.78 is 43.3. The van der Waals surface area contributed by atoms with Crippen LogP contribution in [0.15, 0.2) is 12.1 Å². The quantitative estimate of drug-likeness (QED) is 0.685. The molecular formula is C10H9BrF3NO2. The Morgan fingerprint density at radius 3 is 2.41 bits per heavy atom. The minimum atomic E-state index is -1.06. The second-order valence-corrected chi connectivity index (χ2v) is 4.22. The van der Waals surface area contributed by atoms with Gasteiger partial charge in [0.2, 0.25) is 0 Å². The number of nitrogens with one attached hydrogen (secondary N) is 1. The standard InChI is InChI=1S/C10H9BrF3NO2/c1-17-10(16)6(11)4-15-9-7(13)2-5(12)3-8(9)14/h2-3,6,15H,4H2,1H3. The number of hydrogen-bond acceptors (Lipinski definition) is 3. The van der Waals surface area contributed by atoms with Crippen LogP contribution in [0.4, 0.5) is 18.9 Å². The van der Waals surface area contributed by atoms with Crippen molar-refractivity contribution in [1.82, 2.24) is 0 Å². The fraction of sp³-hybridized carbons (Fsp3) is 0.300. The molecule has 0 aliphatic carbocycles. The molecule has 1 N–H and O–H groups in total. The first kappa shape index (κ1) is 13.8. The highest BCUT2D eigenvalue weighted by Crippen LogP contribution is 2.20. The van der Waals surface area contributed by atoms with Gasteiger partial charge in [-0.25, -0.2) is 13.2 Å². The molecule has 0 bridgehead atoms.